The second-order valence-electron chi connectivity index (χ2n) is 9.98. The number of imidazole rings is 2. The Morgan fingerprint density at radius 3 is 1.65 bits per heavy atom. The van der Waals surface area contributed by atoms with Gasteiger partial charge in [-0.1, -0.05) is 43.3 Å². The molecule has 0 N–H and O–H groups in total. The van der Waals surface area contributed by atoms with E-state index in [0.717, 1.165) is 17.8 Å². The number of rotatable bonds is 5. The standard InChI is InChI=1S/C16H14F3N3.C15H10F3N3O2.CO2/c1-3-11-9-20-14-8-10(2)15(21-22(11)14)12-6-4-5-7-13(12)16(17,18)19;1-9-6-12-19-7-13(23-8-22)21(12)20-14(9)10-4-2-3-5-11(10)15(16,17)18;2-1-3/h4-9H,3H2,1-2H3;2-8H,1H3;. The first kappa shape index (κ1) is 35.0. The quantitative estimate of drug-likeness (QED) is 0.143. The van der Waals surface area contributed by atoms with Crippen molar-refractivity contribution >= 4 is 23.9 Å². The average Bonchev–Trinajstić information content (AvgIpc) is 3.63. The van der Waals surface area contributed by atoms with Crippen molar-refractivity contribution in [3.8, 4) is 28.4 Å². The predicted molar refractivity (Wildman–Crippen MR) is 157 cm³/mol. The summed E-state index contributed by atoms with van der Waals surface area (Å²) in [5, 5.41) is 8.57. The lowest BCUT2D eigenvalue weighted by molar-refractivity contribution is -0.191. The van der Waals surface area contributed by atoms with E-state index >= 15 is 0 Å². The molecule has 4 heterocycles. The zero-order valence-corrected chi connectivity index (χ0v) is 25.3. The minimum atomic E-state index is -4.50. The highest BCUT2D eigenvalue weighted by molar-refractivity contribution is 5.70. The van der Waals surface area contributed by atoms with Crippen LogP contribution < -0.4 is 4.74 Å². The Kier molecular flexibility index (Phi) is 10.4. The number of alkyl halides is 6. The van der Waals surface area contributed by atoms with Gasteiger partial charge in [0.15, 0.2) is 11.3 Å². The van der Waals surface area contributed by atoms with E-state index in [1.54, 1.807) is 42.8 Å². The van der Waals surface area contributed by atoms with Crippen LogP contribution in [-0.2, 0) is 33.2 Å². The number of fused-ring (bicyclic) bond motifs is 2. The first-order valence-electron chi connectivity index (χ1n) is 13.9. The Morgan fingerprint density at radius 2 is 1.19 bits per heavy atom. The molecule has 0 unspecified atom stereocenters. The summed E-state index contributed by atoms with van der Waals surface area (Å²) in [6.45, 7) is 5.54. The third-order valence-corrected chi connectivity index (χ3v) is 6.91. The van der Waals surface area contributed by atoms with Crippen LogP contribution in [0.2, 0.25) is 0 Å². The van der Waals surface area contributed by atoms with Crippen molar-refractivity contribution in [2.24, 2.45) is 0 Å². The first-order chi connectivity index (χ1) is 22.7. The molecule has 0 saturated carbocycles. The second-order valence-corrected chi connectivity index (χ2v) is 9.98. The van der Waals surface area contributed by atoms with Crippen LogP contribution in [0.15, 0.2) is 73.1 Å². The van der Waals surface area contributed by atoms with Crippen LogP contribution >= 0.6 is 0 Å². The number of ether oxygens (including phenoxy) is 1. The number of benzene rings is 2. The zero-order chi connectivity index (χ0) is 35.2. The van der Waals surface area contributed by atoms with Gasteiger partial charge in [-0.05, 0) is 55.7 Å². The minimum Gasteiger partial charge on any atom is -0.408 e. The van der Waals surface area contributed by atoms with E-state index in [4.69, 9.17) is 14.3 Å². The van der Waals surface area contributed by atoms with E-state index in [9.17, 15) is 31.1 Å². The predicted octanol–water partition coefficient (Wildman–Crippen LogP) is 6.96. The van der Waals surface area contributed by atoms with E-state index in [-0.39, 0.29) is 35.3 Å². The molecule has 0 aliphatic heterocycles. The Hall–Kier alpha value is -5.89. The number of carbonyl (C=O) groups is 1. The molecule has 0 fully saturated rings. The summed E-state index contributed by atoms with van der Waals surface area (Å²) >= 11 is 0. The van der Waals surface area contributed by atoms with E-state index in [1.165, 1.54) is 41.0 Å². The van der Waals surface area contributed by atoms with Gasteiger partial charge in [-0.2, -0.15) is 50.6 Å². The van der Waals surface area contributed by atoms with Crippen molar-refractivity contribution in [2.45, 2.75) is 39.5 Å². The van der Waals surface area contributed by atoms with Crippen LogP contribution in [0, 0.1) is 13.8 Å². The third kappa shape index (κ3) is 7.39. The molecule has 16 heteroatoms. The van der Waals surface area contributed by atoms with Crippen LogP contribution in [0.4, 0.5) is 26.3 Å². The van der Waals surface area contributed by atoms with Crippen LogP contribution in [0.5, 0.6) is 5.88 Å². The van der Waals surface area contributed by atoms with Gasteiger partial charge in [0.05, 0.1) is 40.6 Å². The maximum absolute atomic E-state index is 13.2. The molecule has 4 aromatic heterocycles. The Labute approximate surface area is 267 Å². The maximum atomic E-state index is 13.2. The molecule has 0 radical (unpaired) electrons. The summed E-state index contributed by atoms with van der Waals surface area (Å²) in [6.07, 6.45) is -4.99. The fraction of sp³-hybridized carbons (Fsp3) is 0.188. The van der Waals surface area contributed by atoms with Crippen LogP contribution in [-0.4, -0.2) is 41.8 Å². The van der Waals surface area contributed by atoms with Crippen molar-refractivity contribution < 1.29 is 45.5 Å². The Morgan fingerprint density at radius 1 is 0.750 bits per heavy atom. The van der Waals surface area contributed by atoms with Gasteiger partial charge in [-0.15, -0.1) is 0 Å². The molecule has 0 spiro atoms. The maximum Gasteiger partial charge on any atom is 0.417 e. The lowest BCUT2D eigenvalue weighted by Gasteiger charge is -2.14. The number of carbonyl (C=O) groups excluding carboxylic acids is 3. The molecule has 48 heavy (non-hydrogen) atoms. The number of aryl methyl sites for hydroxylation is 3. The van der Waals surface area contributed by atoms with E-state index in [0.29, 0.717) is 34.5 Å². The van der Waals surface area contributed by atoms with E-state index in [2.05, 4.69) is 20.2 Å². The summed E-state index contributed by atoms with van der Waals surface area (Å²) < 4.78 is 86.8. The highest BCUT2D eigenvalue weighted by Crippen LogP contribution is 2.38. The molecule has 6 aromatic rings. The summed E-state index contributed by atoms with van der Waals surface area (Å²) in [7, 11) is 0. The molecule has 248 valence electrons. The number of nitrogens with zero attached hydrogens (tertiary/aromatic N) is 6. The minimum absolute atomic E-state index is 0.0285. The average molecular weight is 671 g/mol. The summed E-state index contributed by atoms with van der Waals surface area (Å²) in [6, 6.07) is 14.0. The first-order valence-corrected chi connectivity index (χ1v) is 13.9. The molecule has 0 aliphatic carbocycles. The van der Waals surface area contributed by atoms with Gasteiger partial charge in [0, 0.05) is 11.1 Å². The van der Waals surface area contributed by atoms with Gasteiger partial charge in [0.2, 0.25) is 5.88 Å². The molecule has 6 rings (SSSR count). The Balaban J connectivity index is 0.000000201. The Bertz CT molecular complexity index is 2110. The molecular weight excluding hydrogens is 646 g/mol. The summed E-state index contributed by atoms with van der Waals surface area (Å²) in [5.74, 6) is 0.0285. The molecule has 0 aliphatic rings. The summed E-state index contributed by atoms with van der Waals surface area (Å²) in [5.41, 5.74) is 2.10. The zero-order valence-electron chi connectivity index (χ0n) is 25.3. The molecule has 0 amide bonds. The van der Waals surface area contributed by atoms with E-state index in [1.807, 2.05) is 6.92 Å². The molecule has 0 bridgehead atoms. The van der Waals surface area contributed by atoms with Gasteiger partial charge in [-0.3, -0.25) is 4.79 Å². The number of hydrogen-bond acceptors (Lipinski definition) is 8. The van der Waals surface area contributed by atoms with Gasteiger partial charge in [0.25, 0.3) is 6.47 Å². The lowest BCUT2D eigenvalue weighted by atomic mass is 10.0. The van der Waals surface area contributed by atoms with Crippen molar-refractivity contribution in [1.29, 1.82) is 0 Å². The molecular formula is C32H24F6N6O4. The van der Waals surface area contributed by atoms with Crippen LogP contribution in [0.3, 0.4) is 0 Å². The van der Waals surface area contributed by atoms with Gasteiger partial charge in [-0.25, -0.2) is 14.5 Å². The number of halogens is 6. The summed E-state index contributed by atoms with van der Waals surface area (Å²) in [4.78, 5) is 35.0. The molecule has 10 nitrogen and oxygen atoms in total. The fourth-order valence-electron chi connectivity index (χ4n) is 4.81. The van der Waals surface area contributed by atoms with Crippen molar-refractivity contribution in [2.75, 3.05) is 0 Å². The van der Waals surface area contributed by atoms with Crippen LogP contribution in [0.1, 0.15) is 34.9 Å². The third-order valence-electron chi connectivity index (χ3n) is 6.91. The topological polar surface area (TPSA) is 121 Å². The normalized spacial score (nSPS) is 11.3. The highest BCUT2D eigenvalue weighted by Gasteiger charge is 2.35. The molecule has 2 aromatic carbocycles. The largest absolute Gasteiger partial charge is 0.417 e. The van der Waals surface area contributed by atoms with Crippen molar-refractivity contribution in [1.82, 2.24) is 29.2 Å². The SMILES string of the molecule is CCc1cnc2cc(C)c(-c3ccccc3C(F)(F)F)nn12.Cc1cc2ncc(OC=O)n2nc1-c1ccccc1C(F)(F)F.O=C=O. The second kappa shape index (κ2) is 14.3. The van der Waals surface area contributed by atoms with Crippen molar-refractivity contribution in [3.05, 3.63) is 101 Å². The van der Waals surface area contributed by atoms with Crippen LogP contribution in [0.25, 0.3) is 33.8 Å². The number of aromatic nitrogens is 6. The highest BCUT2D eigenvalue weighted by atomic mass is 19.4. The molecule has 0 atom stereocenters. The monoisotopic (exact) mass is 670 g/mol. The fourth-order valence-corrected chi connectivity index (χ4v) is 4.81. The lowest BCUT2D eigenvalue weighted by Crippen LogP contribution is -2.09. The van der Waals surface area contributed by atoms with Crippen molar-refractivity contribution in [3.63, 3.8) is 0 Å². The van der Waals surface area contributed by atoms with E-state index < -0.39 is 23.5 Å². The van der Waals surface area contributed by atoms with Gasteiger partial charge >= 0.3 is 18.5 Å². The molecule has 0 saturated heterocycles. The number of hydrogen-bond donors (Lipinski definition) is 0. The smallest absolute Gasteiger partial charge is 0.408 e. The van der Waals surface area contributed by atoms with Gasteiger partial charge in [0.1, 0.15) is 0 Å². The van der Waals surface area contributed by atoms with Gasteiger partial charge < -0.3 is 4.74 Å².